The second kappa shape index (κ2) is 5.09. The lowest BCUT2D eigenvalue weighted by Crippen LogP contribution is -2.18. The lowest BCUT2D eigenvalue weighted by molar-refractivity contribution is 0.733. The molecule has 1 unspecified atom stereocenters. The van der Waals surface area contributed by atoms with Gasteiger partial charge in [0, 0.05) is 13.1 Å². The molecule has 16 heavy (non-hydrogen) atoms. The molecule has 2 heteroatoms. The molecule has 0 N–H and O–H groups in total. The van der Waals surface area contributed by atoms with Gasteiger partial charge < -0.3 is 4.90 Å². The minimum absolute atomic E-state index is 0.624. The molecule has 0 amide bonds. The molecular weight excluding hydrogens is 218 g/mol. The van der Waals surface area contributed by atoms with Crippen molar-refractivity contribution in [3.8, 4) is 0 Å². The fourth-order valence-electron chi connectivity index (χ4n) is 2.27. The molecular formula is C14H20ClN. The van der Waals surface area contributed by atoms with E-state index < -0.39 is 0 Å². The van der Waals surface area contributed by atoms with Gasteiger partial charge in [-0.25, -0.2) is 0 Å². The van der Waals surface area contributed by atoms with Crippen LogP contribution >= 0.6 is 11.6 Å². The van der Waals surface area contributed by atoms with E-state index >= 15 is 0 Å². The van der Waals surface area contributed by atoms with E-state index in [1.165, 1.54) is 30.5 Å². The Hall–Kier alpha value is -0.690. The zero-order valence-electron chi connectivity index (χ0n) is 10.2. The van der Waals surface area contributed by atoms with E-state index in [2.05, 4.69) is 36.9 Å². The highest BCUT2D eigenvalue weighted by Gasteiger charge is 2.16. The van der Waals surface area contributed by atoms with Crippen molar-refractivity contribution in [3.63, 3.8) is 0 Å². The number of rotatable bonds is 3. The van der Waals surface area contributed by atoms with Crippen molar-refractivity contribution in [2.24, 2.45) is 0 Å². The maximum absolute atomic E-state index is 6.28. The largest absolute Gasteiger partial charge is 0.370 e. The van der Waals surface area contributed by atoms with Gasteiger partial charge in [0.2, 0.25) is 0 Å². The van der Waals surface area contributed by atoms with E-state index in [9.17, 15) is 0 Å². The molecule has 0 aromatic heterocycles. The molecule has 0 radical (unpaired) electrons. The number of anilines is 1. The molecule has 2 rings (SSSR count). The molecule has 1 aromatic rings. The van der Waals surface area contributed by atoms with Crippen molar-refractivity contribution in [3.05, 3.63) is 28.8 Å². The van der Waals surface area contributed by atoms with Crippen molar-refractivity contribution in [1.82, 2.24) is 0 Å². The number of hydrogen-bond acceptors (Lipinski definition) is 1. The zero-order chi connectivity index (χ0) is 11.5. The monoisotopic (exact) mass is 237 g/mol. The van der Waals surface area contributed by atoms with Crippen molar-refractivity contribution in [1.29, 1.82) is 0 Å². The average Bonchev–Trinajstić information content (AvgIpc) is 2.82. The van der Waals surface area contributed by atoms with E-state index in [1.807, 2.05) is 0 Å². The molecule has 0 aliphatic carbocycles. The molecule has 88 valence electrons. The van der Waals surface area contributed by atoms with Crippen LogP contribution < -0.4 is 4.90 Å². The van der Waals surface area contributed by atoms with Gasteiger partial charge in [0.05, 0.1) is 10.7 Å². The first-order valence-corrected chi connectivity index (χ1v) is 6.64. The summed E-state index contributed by atoms with van der Waals surface area (Å²) in [5, 5.41) is 0.897. The van der Waals surface area contributed by atoms with Gasteiger partial charge in [-0.3, -0.25) is 0 Å². The fraction of sp³-hybridized carbons (Fsp3) is 0.571. The summed E-state index contributed by atoms with van der Waals surface area (Å²) >= 11 is 6.28. The highest BCUT2D eigenvalue weighted by molar-refractivity contribution is 6.33. The molecule has 0 saturated carbocycles. The summed E-state index contributed by atoms with van der Waals surface area (Å²) in [7, 11) is 0. The van der Waals surface area contributed by atoms with Crippen molar-refractivity contribution in [2.75, 3.05) is 18.0 Å². The Morgan fingerprint density at radius 1 is 1.31 bits per heavy atom. The standard InChI is InChI=1S/C14H20ClN/c1-3-11(2)12-6-7-13(15)14(10-12)16-8-4-5-9-16/h6-7,10-11H,3-5,8-9H2,1-2H3. The summed E-state index contributed by atoms with van der Waals surface area (Å²) in [6.45, 7) is 6.82. The van der Waals surface area contributed by atoms with E-state index in [0.717, 1.165) is 18.1 Å². The fourth-order valence-corrected chi connectivity index (χ4v) is 2.51. The van der Waals surface area contributed by atoms with Crippen molar-refractivity contribution in [2.45, 2.75) is 39.0 Å². The van der Waals surface area contributed by atoms with E-state index in [-0.39, 0.29) is 0 Å². The van der Waals surface area contributed by atoms with Crippen LogP contribution in [-0.4, -0.2) is 13.1 Å². The molecule has 0 bridgehead atoms. The highest BCUT2D eigenvalue weighted by atomic mass is 35.5. The van der Waals surface area contributed by atoms with Gasteiger partial charge in [-0.2, -0.15) is 0 Å². The summed E-state index contributed by atoms with van der Waals surface area (Å²) < 4.78 is 0. The quantitative estimate of drug-likeness (QED) is 0.751. The Morgan fingerprint density at radius 2 is 2.00 bits per heavy atom. The number of benzene rings is 1. The molecule has 1 aliphatic rings. The average molecular weight is 238 g/mol. The van der Waals surface area contributed by atoms with Crippen LogP contribution in [-0.2, 0) is 0 Å². The molecule has 1 saturated heterocycles. The molecule has 1 atom stereocenters. The molecule has 1 aliphatic heterocycles. The van der Waals surface area contributed by atoms with Gasteiger partial charge >= 0.3 is 0 Å². The first kappa shape index (κ1) is 11.8. The molecule has 0 spiro atoms. The SMILES string of the molecule is CCC(C)c1ccc(Cl)c(N2CCCC2)c1. The molecule has 1 heterocycles. The summed E-state index contributed by atoms with van der Waals surface area (Å²) in [5.41, 5.74) is 2.64. The Kier molecular flexibility index (Phi) is 3.75. The van der Waals surface area contributed by atoms with Gasteiger partial charge in [0.15, 0.2) is 0 Å². The maximum atomic E-state index is 6.28. The third-order valence-electron chi connectivity index (χ3n) is 3.60. The van der Waals surface area contributed by atoms with Crippen molar-refractivity contribution < 1.29 is 0 Å². The van der Waals surface area contributed by atoms with Gasteiger partial charge in [0.1, 0.15) is 0 Å². The second-order valence-corrected chi connectivity index (χ2v) is 5.12. The Labute approximate surface area is 103 Å². The Balaban J connectivity index is 2.28. The third kappa shape index (κ3) is 2.35. The first-order chi connectivity index (χ1) is 7.72. The second-order valence-electron chi connectivity index (χ2n) is 4.71. The van der Waals surface area contributed by atoms with Crippen LogP contribution in [0, 0.1) is 0 Å². The third-order valence-corrected chi connectivity index (χ3v) is 3.92. The van der Waals surface area contributed by atoms with Crippen LogP contribution in [0.1, 0.15) is 44.6 Å². The van der Waals surface area contributed by atoms with Crippen LogP contribution in [0.15, 0.2) is 18.2 Å². The minimum atomic E-state index is 0.624. The smallest absolute Gasteiger partial charge is 0.0639 e. The highest BCUT2D eigenvalue weighted by Crippen LogP contribution is 2.32. The molecule has 1 fully saturated rings. The Morgan fingerprint density at radius 3 is 2.62 bits per heavy atom. The minimum Gasteiger partial charge on any atom is -0.370 e. The Bertz CT molecular complexity index is 356. The summed E-state index contributed by atoms with van der Waals surface area (Å²) in [6, 6.07) is 6.49. The van der Waals surface area contributed by atoms with Gasteiger partial charge in [-0.05, 0) is 42.9 Å². The number of nitrogens with zero attached hydrogens (tertiary/aromatic N) is 1. The normalized spacial score (nSPS) is 17.8. The van der Waals surface area contributed by atoms with Crippen molar-refractivity contribution >= 4 is 17.3 Å². The van der Waals surface area contributed by atoms with Crippen LogP contribution in [0.4, 0.5) is 5.69 Å². The summed E-state index contributed by atoms with van der Waals surface area (Å²) in [4.78, 5) is 2.41. The van der Waals surface area contributed by atoms with E-state index in [0.29, 0.717) is 5.92 Å². The first-order valence-electron chi connectivity index (χ1n) is 6.26. The van der Waals surface area contributed by atoms with Crippen LogP contribution in [0.3, 0.4) is 0 Å². The van der Waals surface area contributed by atoms with Gasteiger partial charge in [-0.1, -0.05) is 31.5 Å². The summed E-state index contributed by atoms with van der Waals surface area (Å²) in [5.74, 6) is 0.624. The maximum Gasteiger partial charge on any atom is 0.0639 e. The lowest BCUT2D eigenvalue weighted by Gasteiger charge is -2.21. The van der Waals surface area contributed by atoms with Crippen LogP contribution in [0.25, 0.3) is 0 Å². The number of hydrogen-bond donors (Lipinski definition) is 0. The van der Waals surface area contributed by atoms with E-state index in [4.69, 9.17) is 11.6 Å². The van der Waals surface area contributed by atoms with Crippen LogP contribution in [0.5, 0.6) is 0 Å². The van der Waals surface area contributed by atoms with Crippen LogP contribution in [0.2, 0.25) is 5.02 Å². The topological polar surface area (TPSA) is 3.24 Å². The summed E-state index contributed by atoms with van der Waals surface area (Å²) in [6.07, 6.45) is 3.77. The number of halogens is 1. The zero-order valence-corrected chi connectivity index (χ0v) is 10.9. The van der Waals surface area contributed by atoms with Gasteiger partial charge in [-0.15, -0.1) is 0 Å². The molecule has 1 nitrogen and oxygen atoms in total. The predicted molar refractivity (Wildman–Crippen MR) is 71.6 cm³/mol. The predicted octanol–water partition coefficient (Wildman–Crippen LogP) is 4.45. The van der Waals surface area contributed by atoms with E-state index in [1.54, 1.807) is 0 Å². The molecule has 1 aromatic carbocycles. The van der Waals surface area contributed by atoms with Gasteiger partial charge in [0.25, 0.3) is 0 Å². The lowest BCUT2D eigenvalue weighted by atomic mass is 9.98.